The van der Waals surface area contributed by atoms with Crippen LogP contribution in [-0.4, -0.2) is 60.3 Å². The average Bonchev–Trinajstić information content (AvgIpc) is 2.76. The SMILES string of the molecule is COCCOCOc1cc([Se]c2cc(C(=O)O)ccc2OC)cc2c1C(C)(C)CCC2(C)C. The maximum atomic E-state index is 11.5. The van der Waals surface area contributed by atoms with Crippen molar-refractivity contribution in [2.45, 2.75) is 51.4 Å². The molecule has 0 heterocycles. The third kappa shape index (κ3) is 5.90. The third-order valence-electron chi connectivity index (χ3n) is 6.22. The van der Waals surface area contributed by atoms with E-state index in [0.29, 0.717) is 19.0 Å². The van der Waals surface area contributed by atoms with Crippen LogP contribution in [0.1, 0.15) is 62.0 Å². The van der Waals surface area contributed by atoms with E-state index in [-0.39, 0.29) is 38.1 Å². The van der Waals surface area contributed by atoms with E-state index in [1.807, 2.05) is 0 Å². The van der Waals surface area contributed by atoms with Gasteiger partial charge in [-0.25, -0.2) is 0 Å². The molecule has 1 aliphatic carbocycles. The van der Waals surface area contributed by atoms with Gasteiger partial charge in [-0.2, -0.15) is 0 Å². The predicted octanol–water partition coefficient (Wildman–Crippen LogP) is 3.40. The van der Waals surface area contributed by atoms with Crippen LogP contribution < -0.4 is 18.4 Å². The van der Waals surface area contributed by atoms with E-state index in [0.717, 1.165) is 27.5 Å². The number of hydrogen-bond acceptors (Lipinski definition) is 5. The van der Waals surface area contributed by atoms with Gasteiger partial charge in [-0.3, -0.25) is 0 Å². The van der Waals surface area contributed by atoms with E-state index in [4.69, 9.17) is 18.9 Å². The maximum absolute atomic E-state index is 11.5. The first kappa shape index (κ1) is 25.6. The van der Waals surface area contributed by atoms with Crippen LogP contribution in [0.2, 0.25) is 0 Å². The Morgan fingerprint density at radius 2 is 1.73 bits per heavy atom. The van der Waals surface area contributed by atoms with Gasteiger partial charge in [0.1, 0.15) is 0 Å². The van der Waals surface area contributed by atoms with E-state index in [9.17, 15) is 9.90 Å². The van der Waals surface area contributed by atoms with Gasteiger partial charge < -0.3 is 0 Å². The van der Waals surface area contributed by atoms with Gasteiger partial charge in [0.05, 0.1) is 0 Å². The van der Waals surface area contributed by atoms with Crippen LogP contribution >= 0.6 is 0 Å². The second kappa shape index (κ2) is 10.5. The summed E-state index contributed by atoms with van der Waals surface area (Å²) in [4.78, 5) is 11.5. The zero-order valence-electron chi connectivity index (χ0n) is 20.3. The van der Waals surface area contributed by atoms with E-state index < -0.39 is 5.97 Å². The first-order valence-electron chi connectivity index (χ1n) is 11.1. The molecule has 2 aromatic carbocycles. The number of benzene rings is 2. The van der Waals surface area contributed by atoms with Gasteiger partial charge in [-0.1, -0.05) is 0 Å². The molecule has 180 valence electrons. The van der Waals surface area contributed by atoms with Crippen molar-refractivity contribution in [2.75, 3.05) is 34.2 Å². The van der Waals surface area contributed by atoms with Crippen LogP contribution in [-0.2, 0) is 20.3 Å². The van der Waals surface area contributed by atoms with Crippen LogP contribution in [0.4, 0.5) is 0 Å². The number of ether oxygens (including phenoxy) is 4. The summed E-state index contributed by atoms with van der Waals surface area (Å²) < 4.78 is 24.4. The molecule has 0 spiro atoms. The molecule has 3 rings (SSSR count). The molecule has 0 amide bonds. The molecule has 0 atom stereocenters. The fourth-order valence-corrected chi connectivity index (χ4v) is 6.37. The Bertz CT molecular complexity index is 999. The van der Waals surface area contributed by atoms with Gasteiger partial charge in [0, 0.05) is 0 Å². The van der Waals surface area contributed by atoms with Crippen molar-refractivity contribution < 1.29 is 28.8 Å². The Labute approximate surface area is 202 Å². The van der Waals surface area contributed by atoms with E-state index in [2.05, 4.69) is 39.8 Å². The molecule has 0 unspecified atom stereocenters. The zero-order valence-corrected chi connectivity index (χ0v) is 22.0. The van der Waals surface area contributed by atoms with E-state index >= 15 is 0 Å². The van der Waals surface area contributed by atoms with Crippen molar-refractivity contribution >= 4 is 29.8 Å². The summed E-state index contributed by atoms with van der Waals surface area (Å²) in [5.41, 5.74) is 2.78. The zero-order chi connectivity index (χ0) is 24.2. The summed E-state index contributed by atoms with van der Waals surface area (Å²) in [5.74, 6) is 0.593. The number of methoxy groups -OCH3 is 2. The summed E-state index contributed by atoms with van der Waals surface area (Å²) in [6, 6.07) is 9.39. The second-order valence-corrected chi connectivity index (χ2v) is 11.9. The summed E-state index contributed by atoms with van der Waals surface area (Å²) in [7, 11) is 3.25. The van der Waals surface area contributed by atoms with Gasteiger partial charge in [0.15, 0.2) is 0 Å². The molecule has 33 heavy (non-hydrogen) atoms. The second-order valence-electron chi connectivity index (χ2n) is 9.55. The molecule has 1 N–H and O–H groups in total. The quantitative estimate of drug-likeness (QED) is 0.294. The van der Waals surface area contributed by atoms with E-state index in [1.54, 1.807) is 32.4 Å². The van der Waals surface area contributed by atoms with E-state index in [1.165, 1.54) is 11.1 Å². The Hall–Kier alpha value is -2.05. The number of aromatic carboxylic acids is 1. The van der Waals surface area contributed by atoms with Gasteiger partial charge in [0.2, 0.25) is 0 Å². The molecule has 0 bridgehead atoms. The van der Waals surface area contributed by atoms with Crippen LogP contribution in [0.15, 0.2) is 30.3 Å². The molecule has 2 aromatic rings. The topological polar surface area (TPSA) is 74.2 Å². The van der Waals surface area contributed by atoms with Crippen molar-refractivity contribution in [3.8, 4) is 11.5 Å². The van der Waals surface area contributed by atoms with Gasteiger partial charge in [-0.05, 0) is 0 Å². The molecule has 0 radical (unpaired) electrons. The summed E-state index contributed by atoms with van der Waals surface area (Å²) in [6.07, 6.45) is 2.16. The molecule has 7 heteroatoms. The van der Waals surface area contributed by atoms with Crippen LogP contribution in [0.25, 0.3) is 0 Å². The molecule has 6 nitrogen and oxygen atoms in total. The normalized spacial score (nSPS) is 16.2. The average molecular weight is 522 g/mol. The Morgan fingerprint density at radius 1 is 1.00 bits per heavy atom. The summed E-state index contributed by atoms with van der Waals surface area (Å²) >= 11 is -0.168. The summed E-state index contributed by atoms with van der Waals surface area (Å²) in [6.45, 7) is 10.2. The first-order chi connectivity index (χ1) is 15.6. The van der Waals surface area contributed by atoms with Crippen molar-refractivity contribution in [2.24, 2.45) is 0 Å². The minimum absolute atomic E-state index is 0.0129. The molecular formula is C26H34O6Se. The monoisotopic (exact) mass is 522 g/mol. The van der Waals surface area contributed by atoms with Crippen LogP contribution in [0, 0.1) is 0 Å². The number of carboxylic acids is 1. The minimum atomic E-state index is -0.944. The number of hydrogen-bond donors (Lipinski definition) is 1. The Balaban J connectivity index is 2.04. The Kier molecular flexibility index (Phi) is 8.12. The molecule has 0 saturated heterocycles. The molecule has 1 aliphatic rings. The molecular weight excluding hydrogens is 487 g/mol. The van der Waals surface area contributed by atoms with Crippen molar-refractivity contribution in [3.05, 3.63) is 47.0 Å². The van der Waals surface area contributed by atoms with Crippen LogP contribution in [0.3, 0.4) is 0 Å². The van der Waals surface area contributed by atoms with Crippen molar-refractivity contribution in [1.29, 1.82) is 0 Å². The van der Waals surface area contributed by atoms with Crippen molar-refractivity contribution in [1.82, 2.24) is 0 Å². The molecule has 0 fully saturated rings. The fraction of sp³-hybridized carbons (Fsp3) is 0.500. The van der Waals surface area contributed by atoms with Crippen molar-refractivity contribution in [3.63, 3.8) is 0 Å². The number of carboxylic acid groups (broad SMARTS) is 1. The third-order valence-corrected chi connectivity index (χ3v) is 8.34. The number of fused-ring (bicyclic) bond motifs is 1. The molecule has 0 aromatic heterocycles. The molecule has 0 aliphatic heterocycles. The predicted molar refractivity (Wildman–Crippen MR) is 130 cm³/mol. The standard InChI is InChI=1S/C26H34O6Se/c1-25(2)9-10-26(3,4)23-19(25)14-18(15-21(23)32-16-31-12-11-29-5)33-22-13-17(24(27)28)7-8-20(22)30-6/h7-8,13-15H,9-12,16H2,1-6H3,(H,27,28). The van der Waals surface area contributed by atoms with Gasteiger partial charge in [0.25, 0.3) is 0 Å². The first-order valence-corrected chi connectivity index (χ1v) is 12.8. The fourth-order valence-electron chi connectivity index (χ4n) is 4.20. The summed E-state index contributed by atoms with van der Waals surface area (Å²) in [5, 5.41) is 9.45. The van der Waals surface area contributed by atoms with Gasteiger partial charge >= 0.3 is 203 Å². The Morgan fingerprint density at radius 3 is 2.39 bits per heavy atom. The van der Waals surface area contributed by atoms with Gasteiger partial charge in [-0.15, -0.1) is 0 Å². The molecule has 0 saturated carbocycles. The number of carbonyl (C=O) groups is 1. The van der Waals surface area contributed by atoms with Crippen LogP contribution in [0.5, 0.6) is 11.5 Å². The number of rotatable bonds is 10.